The van der Waals surface area contributed by atoms with E-state index in [0.717, 1.165) is 29.9 Å². The molecule has 1 saturated heterocycles. The lowest BCUT2D eigenvalue weighted by Crippen LogP contribution is -2.33. The minimum atomic E-state index is -1.00. The van der Waals surface area contributed by atoms with Gasteiger partial charge in [0, 0.05) is 41.9 Å². The zero-order valence-corrected chi connectivity index (χ0v) is 23.2. The summed E-state index contributed by atoms with van der Waals surface area (Å²) in [6, 6.07) is 11.1. The summed E-state index contributed by atoms with van der Waals surface area (Å²) < 4.78 is 56.7. The second kappa shape index (κ2) is 11.8. The third-order valence-electron chi connectivity index (χ3n) is 7.68. The van der Waals surface area contributed by atoms with Gasteiger partial charge < -0.3 is 19.1 Å². The Hall–Kier alpha value is -3.86. The van der Waals surface area contributed by atoms with Crippen molar-refractivity contribution in [1.82, 2.24) is 14.5 Å². The van der Waals surface area contributed by atoms with E-state index in [1.54, 1.807) is 18.2 Å². The molecular formula is C31H27ClF3N3O4. The zero-order valence-electron chi connectivity index (χ0n) is 22.5. The summed E-state index contributed by atoms with van der Waals surface area (Å²) in [5.41, 5.74) is 2.80. The van der Waals surface area contributed by atoms with Crippen molar-refractivity contribution in [2.45, 2.75) is 38.6 Å². The average Bonchev–Trinajstić information content (AvgIpc) is 3.27. The third kappa shape index (κ3) is 5.88. The minimum Gasteiger partial charge on any atom is -0.486 e. The fraction of sp³-hybridized carbons (Fsp3) is 0.290. The summed E-state index contributed by atoms with van der Waals surface area (Å²) >= 11 is 5.79. The van der Waals surface area contributed by atoms with E-state index in [0.29, 0.717) is 50.3 Å². The van der Waals surface area contributed by atoms with Gasteiger partial charge in [-0.15, -0.1) is 0 Å². The Kier molecular flexibility index (Phi) is 7.94. The number of halogens is 4. The van der Waals surface area contributed by atoms with E-state index in [4.69, 9.17) is 26.1 Å². The number of nitrogens with zero attached hydrogens (tertiary/aromatic N) is 3. The number of rotatable bonds is 9. The Bertz CT molecular complexity index is 1700. The lowest BCUT2D eigenvalue weighted by atomic mass is 9.98. The molecule has 1 fully saturated rings. The molecule has 1 N–H and O–H groups in total. The number of carboxylic acids is 1. The van der Waals surface area contributed by atoms with Crippen LogP contribution in [0.25, 0.3) is 16.6 Å². The Morgan fingerprint density at radius 3 is 2.62 bits per heavy atom. The first-order valence-corrected chi connectivity index (χ1v) is 13.9. The van der Waals surface area contributed by atoms with Crippen LogP contribution in [0.15, 0.2) is 54.6 Å². The van der Waals surface area contributed by atoms with Gasteiger partial charge in [0.15, 0.2) is 11.6 Å². The van der Waals surface area contributed by atoms with E-state index in [-0.39, 0.29) is 40.2 Å². The molecule has 3 heterocycles. The predicted molar refractivity (Wildman–Crippen MR) is 151 cm³/mol. The molecule has 0 spiro atoms. The Morgan fingerprint density at radius 1 is 1.10 bits per heavy atom. The van der Waals surface area contributed by atoms with Crippen LogP contribution in [0, 0.1) is 17.5 Å². The number of fused-ring (bicyclic) bond motifs is 1. The van der Waals surface area contributed by atoms with Gasteiger partial charge in [-0.2, -0.15) is 0 Å². The van der Waals surface area contributed by atoms with Crippen LogP contribution in [-0.2, 0) is 24.4 Å². The van der Waals surface area contributed by atoms with Gasteiger partial charge in [-0.25, -0.2) is 22.9 Å². The number of carboxylic acid groups (broad SMARTS) is 1. The molecule has 1 aromatic heterocycles. The number of benzene rings is 3. The number of aromatic nitrogens is 2. The van der Waals surface area contributed by atoms with Gasteiger partial charge in [-0.1, -0.05) is 23.7 Å². The lowest BCUT2D eigenvalue weighted by molar-refractivity contribution is -0.0591. The van der Waals surface area contributed by atoms with Crippen molar-refractivity contribution in [3.8, 4) is 5.75 Å². The van der Waals surface area contributed by atoms with Crippen LogP contribution in [0.1, 0.15) is 40.2 Å². The maximum atomic E-state index is 14.9. The second-order valence-corrected chi connectivity index (χ2v) is 10.9. The van der Waals surface area contributed by atoms with Crippen molar-refractivity contribution in [2.24, 2.45) is 0 Å². The highest BCUT2D eigenvalue weighted by Gasteiger charge is 2.25. The van der Waals surface area contributed by atoms with Crippen LogP contribution in [-0.4, -0.2) is 51.3 Å². The molecule has 42 heavy (non-hydrogen) atoms. The molecule has 11 heteroatoms. The number of hydrogen-bond donors (Lipinski definition) is 1. The van der Waals surface area contributed by atoms with Crippen molar-refractivity contribution in [3.63, 3.8) is 0 Å². The molecular weight excluding hydrogens is 571 g/mol. The quantitative estimate of drug-likeness (QED) is 0.239. The molecule has 2 aliphatic heterocycles. The van der Waals surface area contributed by atoms with E-state index in [9.17, 15) is 23.1 Å². The fourth-order valence-corrected chi connectivity index (χ4v) is 5.40. The smallest absolute Gasteiger partial charge is 0.335 e. The number of carbonyl (C=O) groups is 1. The monoisotopic (exact) mass is 597 g/mol. The minimum absolute atomic E-state index is 0.0524. The number of aromatic carboxylic acids is 1. The SMILES string of the molecule is O=C(O)c1ccc2nc(CN3CC=C(c4cc(OCc5ccc(Cl)cc5F)c(F)cc4F)CC3)n(CC3CCO3)c2c1. The average molecular weight is 598 g/mol. The molecule has 0 amide bonds. The molecule has 1 atom stereocenters. The first-order chi connectivity index (χ1) is 20.2. The maximum Gasteiger partial charge on any atom is 0.335 e. The van der Waals surface area contributed by atoms with Crippen molar-refractivity contribution in [3.05, 3.63) is 99.6 Å². The van der Waals surface area contributed by atoms with Gasteiger partial charge in [-0.3, -0.25) is 4.90 Å². The molecule has 7 nitrogen and oxygen atoms in total. The summed E-state index contributed by atoms with van der Waals surface area (Å²) in [7, 11) is 0. The predicted octanol–water partition coefficient (Wildman–Crippen LogP) is 6.46. The van der Waals surface area contributed by atoms with Crippen molar-refractivity contribution in [2.75, 3.05) is 19.7 Å². The summed E-state index contributed by atoms with van der Waals surface area (Å²) in [6.45, 7) is 2.64. The van der Waals surface area contributed by atoms with Gasteiger partial charge in [0.25, 0.3) is 0 Å². The number of hydrogen-bond acceptors (Lipinski definition) is 5. The van der Waals surface area contributed by atoms with Gasteiger partial charge in [0.05, 0.1) is 35.8 Å². The Labute approximate surface area is 244 Å². The lowest BCUT2D eigenvalue weighted by Gasteiger charge is -2.29. The van der Waals surface area contributed by atoms with Crippen molar-refractivity contribution >= 4 is 34.2 Å². The van der Waals surface area contributed by atoms with Crippen molar-refractivity contribution < 1.29 is 32.5 Å². The van der Waals surface area contributed by atoms with Gasteiger partial charge in [0.2, 0.25) is 0 Å². The van der Waals surface area contributed by atoms with E-state index in [1.165, 1.54) is 18.2 Å². The molecule has 4 aromatic rings. The standard InChI is InChI=1S/C31H27ClF3N3O4/c32-21-3-1-20(24(33)12-21)17-42-29-13-23(25(34)14-26(29)35)18-5-8-37(9-6-18)16-30-36-27-4-2-19(31(39)40)11-28(27)38(30)15-22-7-10-41-22/h1-5,11-14,22H,6-10,15-17H2,(H,39,40). The second-order valence-electron chi connectivity index (χ2n) is 10.4. The number of ether oxygens (including phenoxy) is 2. The molecule has 0 saturated carbocycles. The molecule has 0 aliphatic carbocycles. The Morgan fingerprint density at radius 2 is 1.93 bits per heavy atom. The van der Waals surface area contributed by atoms with Gasteiger partial charge in [0.1, 0.15) is 24.1 Å². The first kappa shape index (κ1) is 28.3. The van der Waals surface area contributed by atoms with E-state index < -0.39 is 23.4 Å². The van der Waals surface area contributed by atoms with Crippen LogP contribution in [0.3, 0.4) is 0 Å². The molecule has 6 rings (SSSR count). The highest BCUT2D eigenvalue weighted by Crippen LogP contribution is 2.32. The highest BCUT2D eigenvalue weighted by molar-refractivity contribution is 6.30. The first-order valence-electron chi connectivity index (χ1n) is 13.6. The van der Waals surface area contributed by atoms with Crippen LogP contribution in [0.4, 0.5) is 13.2 Å². The fourth-order valence-electron chi connectivity index (χ4n) is 5.24. The van der Waals surface area contributed by atoms with Gasteiger partial charge in [-0.05, 0) is 54.8 Å². The van der Waals surface area contributed by atoms with Crippen molar-refractivity contribution in [1.29, 1.82) is 0 Å². The molecule has 1 unspecified atom stereocenters. The molecule has 0 bridgehead atoms. The van der Waals surface area contributed by atoms with E-state index in [1.807, 2.05) is 10.6 Å². The Balaban J connectivity index is 1.19. The van der Waals surface area contributed by atoms with E-state index in [2.05, 4.69) is 4.90 Å². The molecule has 0 radical (unpaired) electrons. The summed E-state index contributed by atoms with van der Waals surface area (Å²) in [5, 5.41) is 9.71. The van der Waals surface area contributed by atoms with Gasteiger partial charge >= 0.3 is 5.97 Å². The number of imidazole rings is 1. The van der Waals surface area contributed by atoms with Crippen LogP contribution >= 0.6 is 11.6 Å². The van der Waals surface area contributed by atoms with E-state index >= 15 is 0 Å². The summed E-state index contributed by atoms with van der Waals surface area (Å²) in [4.78, 5) is 18.5. The highest BCUT2D eigenvalue weighted by atomic mass is 35.5. The maximum absolute atomic E-state index is 14.9. The molecule has 218 valence electrons. The topological polar surface area (TPSA) is 76.8 Å². The normalized spacial score (nSPS) is 17.2. The molecule has 2 aliphatic rings. The summed E-state index contributed by atoms with van der Waals surface area (Å²) in [5.74, 6) is -2.53. The summed E-state index contributed by atoms with van der Waals surface area (Å²) in [6.07, 6.45) is 3.38. The van der Waals surface area contributed by atoms with Crippen LogP contribution in [0.5, 0.6) is 5.75 Å². The van der Waals surface area contributed by atoms with Crippen LogP contribution < -0.4 is 4.74 Å². The molecule has 3 aromatic carbocycles. The van der Waals surface area contributed by atoms with Crippen LogP contribution in [0.2, 0.25) is 5.02 Å². The third-order valence-corrected chi connectivity index (χ3v) is 7.91. The zero-order chi connectivity index (χ0) is 29.4. The largest absolute Gasteiger partial charge is 0.486 e.